The summed E-state index contributed by atoms with van der Waals surface area (Å²) in [5.74, 6) is -5.68. The molecule has 1 aromatic heterocycles. The Labute approximate surface area is 181 Å². The fourth-order valence-corrected chi connectivity index (χ4v) is 3.77. The van der Waals surface area contributed by atoms with Gasteiger partial charge in [-0.15, -0.1) is 0 Å². The van der Waals surface area contributed by atoms with Crippen LogP contribution in [0.25, 0.3) is 0 Å². The minimum atomic E-state index is -2.02. The molecule has 0 aliphatic heterocycles. The van der Waals surface area contributed by atoms with E-state index < -0.39 is 47.1 Å². The zero-order valence-electron chi connectivity index (χ0n) is 17.1. The number of aromatic carboxylic acids is 1. The molecule has 2 atom stereocenters. The number of halogens is 2. The van der Waals surface area contributed by atoms with Crippen LogP contribution in [0.3, 0.4) is 0 Å². The first kappa shape index (κ1) is 24.4. The minimum absolute atomic E-state index is 0.00150. The third kappa shape index (κ3) is 5.82. The smallest absolute Gasteiger partial charge is 0.347 e. The van der Waals surface area contributed by atoms with Gasteiger partial charge in [-0.3, -0.25) is 9.59 Å². The number of aromatic nitrogens is 1. The van der Waals surface area contributed by atoms with Crippen molar-refractivity contribution in [3.05, 3.63) is 46.0 Å². The molecule has 0 aliphatic rings. The summed E-state index contributed by atoms with van der Waals surface area (Å²) in [6.45, 7) is 5.29. The summed E-state index contributed by atoms with van der Waals surface area (Å²) >= 11 is 0.789. The second-order valence-corrected chi connectivity index (χ2v) is 8.08. The van der Waals surface area contributed by atoms with Crippen LogP contribution in [-0.4, -0.2) is 39.0 Å². The Morgan fingerprint density at radius 2 is 1.87 bits per heavy atom. The van der Waals surface area contributed by atoms with E-state index in [1.54, 1.807) is 20.8 Å². The lowest BCUT2D eigenvalue weighted by atomic mass is 10.1. The molecule has 0 aliphatic carbocycles. The summed E-state index contributed by atoms with van der Waals surface area (Å²) in [4.78, 5) is 40.6. The van der Waals surface area contributed by atoms with Gasteiger partial charge >= 0.3 is 5.97 Å². The SMILES string of the molecule is CCC[C@H](NC(=O)C(O)c1cccc(F)c1F)C(=O)Nc1nc(C(C)C)c(C(=O)O)s1. The summed E-state index contributed by atoms with van der Waals surface area (Å²) in [6, 6.07) is 1.95. The molecule has 2 amide bonds. The Balaban J connectivity index is 2.17. The van der Waals surface area contributed by atoms with E-state index in [4.69, 9.17) is 0 Å². The van der Waals surface area contributed by atoms with Crippen molar-refractivity contribution >= 4 is 34.3 Å². The van der Waals surface area contributed by atoms with Crippen LogP contribution in [0.2, 0.25) is 0 Å². The number of aliphatic hydroxyl groups excluding tert-OH is 1. The highest BCUT2D eigenvalue weighted by Gasteiger charge is 2.28. The molecule has 11 heteroatoms. The lowest BCUT2D eigenvalue weighted by molar-refractivity contribution is -0.133. The van der Waals surface area contributed by atoms with E-state index in [1.807, 2.05) is 0 Å². The van der Waals surface area contributed by atoms with Crippen LogP contribution in [0.15, 0.2) is 18.2 Å². The summed E-state index contributed by atoms with van der Waals surface area (Å²) in [6.07, 6.45) is -1.35. The Hall–Kier alpha value is -2.92. The highest BCUT2D eigenvalue weighted by atomic mass is 32.1. The van der Waals surface area contributed by atoms with E-state index >= 15 is 0 Å². The van der Waals surface area contributed by atoms with E-state index in [9.17, 15) is 33.4 Å². The van der Waals surface area contributed by atoms with Crippen molar-refractivity contribution in [1.82, 2.24) is 10.3 Å². The molecule has 4 N–H and O–H groups in total. The van der Waals surface area contributed by atoms with Crippen LogP contribution in [0.4, 0.5) is 13.9 Å². The van der Waals surface area contributed by atoms with Gasteiger partial charge in [0.2, 0.25) is 5.91 Å². The summed E-state index contributed by atoms with van der Waals surface area (Å²) in [7, 11) is 0. The molecule has 1 heterocycles. The molecule has 0 spiro atoms. The zero-order chi connectivity index (χ0) is 23.3. The molecule has 0 radical (unpaired) electrons. The normalized spacial score (nSPS) is 13.0. The topological polar surface area (TPSA) is 129 Å². The average molecular weight is 455 g/mol. The van der Waals surface area contributed by atoms with Crippen LogP contribution in [0.5, 0.6) is 0 Å². The molecule has 0 saturated heterocycles. The summed E-state index contributed by atoms with van der Waals surface area (Å²) in [5, 5.41) is 24.3. The van der Waals surface area contributed by atoms with Gasteiger partial charge < -0.3 is 20.8 Å². The molecule has 8 nitrogen and oxygen atoms in total. The first-order valence-electron chi connectivity index (χ1n) is 9.54. The van der Waals surface area contributed by atoms with Crippen molar-refractivity contribution in [2.24, 2.45) is 0 Å². The number of hydrogen-bond acceptors (Lipinski definition) is 6. The number of thiazole rings is 1. The van der Waals surface area contributed by atoms with E-state index in [-0.39, 0.29) is 22.3 Å². The molecule has 1 aromatic carbocycles. The van der Waals surface area contributed by atoms with Crippen LogP contribution in [0, 0.1) is 11.6 Å². The largest absolute Gasteiger partial charge is 0.477 e. The van der Waals surface area contributed by atoms with Crippen molar-refractivity contribution in [1.29, 1.82) is 0 Å². The van der Waals surface area contributed by atoms with Crippen molar-refractivity contribution in [2.75, 3.05) is 5.32 Å². The van der Waals surface area contributed by atoms with E-state index in [0.717, 1.165) is 29.5 Å². The molecular weight excluding hydrogens is 432 g/mol. The maximum absolute atomic E-state index is 13.9. The van der Waals surface area contributed by atoms with Crippen LogP contribution >= 0.6 is 11.3 Å². The lowest BCUT2D eigenvalue weighted by Crippen LogP contribution is -2.45. The van der Waals surface area contributed by atoms with Gasteiger partial charge in [-0.1, -0.05) is 50.7 Å². The van der Waals surface area contributed by atoms with Gasteiger partial charge in [0, 0.05) is 5.56 Å². The number of carbonyl (C=O) groups excluding carboxylic acids is 2. The number of rotatable bonds is 9. The van der Waals surface area contributed by atoms with E-state index in [1.165, 1.54) is 0 Å². The predicted molar refractivity (Wildman–Crippen MR) is 110 cm³/mol. The number of nitrogens with one attached hydrogen (secondary N) is 2. The standard InChI is InChI=1S/C20H23F2N3O5S/c1-4-6-12(23-18(28)15(26)10-7-5-8-11(21)13(10)22)17(27)25-20-24-14(9(2)3)16(31-20)19(29)30/h5,7-9,12,15,26H,4,6H2,1-3H3,(H,23,28)(H,29,30)(H,24,25,27)/t12-,15?/m0/s1. The number of carboxylic acid groups (broad SMARTS) is 1. The second kappa shape index (κ2) is 10.4. The Bertz CT molecular complexity index is 980. The minimum Gasteiger partial charge on any atom is -0.477 e. The highest BCUT2D eigenvalue weighted by molar-refractivity contribution is 7.17. The van der Waals surface area contributed by atoms with Crippen LogP contribution in [0.1, 0.15) is 66.6 Å². The first-order valence-corrected chi connectivity index (χ1v) is 10.4. The molecule has 0 saturated carbocycles. The number of amides is 2. The molecular formula is C20H23F2N3O5S. The summed E-state index contributed by atoms with van der Waals surface area (Å²) in [5.41, 5.74) is -0.235. The number of benzene rings is 1. The number of nitrogens with zero attached hydrogens (tertiary/aromatic N) is 1. The fourth-order valence-electron chi connectivity index (χ4n) is 2.80. The van der Waals surface area contributed by atoms with Gasteiger partial charge in [0.15, 0.2) is 22.9 Å². The second-order valence-electron chi connectivity index (χ2n) is 7.08. The quantitative estimate of drug-likeness (QED) is 0.460. The Kier molecular flexibility index (Phi) is 8.17. The van der Waals surface area contributed by atoms with Crippen LogP contribution in [-0.2, 0) is 9.59 Å². The monoisotopic (exact) mass is 455 g/mol. The van der Waals surface area contributed by atoms with Gasteiger partial charge in [-0.25, -0.2) is 18.6 Å². The van der Waals surface area contributed by atoms with Gasteiger partial charge in [0.05, 0.1) is 5.69 Å². The molecule has 0 bridgehead atoms. The van der Waals surface area contributed by atoms with Crippen molar-refractivity contribution < 1.29 is 33.4 Å². The van der Waals surface area contributed by atoms with Gasteiger partial charge in [-0.05, 0) is 18.4 Å². The number of carboxylic acids is 1. The summed E-state index contributed by atoms with van der Waals surface area (Å²) < 4.78 is 27.2. The number of aliphatic hydroxyl groups is 1. The number of hydrogen-bond donors (Lipinski definition) is 4. The third-order valence-electron chi connectivity index (χ3n) is 4.36. The van der Waals surface area contributed by atoms with Gasteiger partial charge in [0.25, 0.3) is 5.91 Å². The molecule has 1 unspecified atom stereocenters. The lowest BCUT2D eigenvalue weighted by Gasteiger charge is -2.19. The molecule has 0 fully saturated rings. The Morgan fingerprint density at radius 3 is 2.42 bits per heavy atom. The Morgan fingerprint density at radius 1 is 1.19 bits per heavy atom. The highest BCUT2D eigenvalue weighted by Crippen LogP contribution is 2.28. The fraction of sp³-hybridized carbons (Fsp3) is 0.400. The maximum Gasteiger partial charge on any atom is 0.347 e. The third-order valence-corrected chi connectivity index (χ3v) is 5.33. The number of anilines is 1. The number of carbonyl (C=O) groups is 3. The van der Waals surface area contributed by atoms with Gasteiger partial charge in [-0.2, -0.15) is 0 Å². The molecule has 31 heavy (non-hydrogen) atoms. The molecule has 2 aromatic rings. The van der Waals surface area contributed by atoms with Gasteiger partial charge in [0.1, 0.15) is 10.9 Å². The predicted octanol–water partition coefficient (Wildman–Crippen LogP) is 3.20. The van der Waals surface area contributed by atoms with E-state index in [0.29, 0.717) is 12.1 Å². The maximum atomic E-state index is 13.9. The zero-order valence-corrected chi connectivity index (χ0v) is 17.9. The van der Waals surface area contributed by atoms with E-state index in [2.05, 4.69) is 15.6 Å². The average Bonchev–Trinajstić information content (AvgIpc) is 3.13. The first-order chi connectivity index (χ1) is 14.6. The molecule has 2 rings (SSSR count). The van der Waals surface area contributed by atoms with Crippen molar-refractivity contribution in [2.45, 2.75) is 51.7 Å². The molecule has 168 valence electrons. The van der Waals surface area contributed by atoms with Crippen molar-refractivity contribution in [3.63, 3.8) is 0 Å². The van der Waals surface area contributed by atoms with Crippen LogP contribution < -0.4 is 10.6 Å². The van der Waals surface area contributed by atoms with Crippen molar-refractivity contribution in [3.8, 4) is 0 Å².